The fourth-order valence-electron chi connectivity index (χ4n) is 1.27. The lowest BCUT2D eigenvalue weighted by atomic mass is 10.2. The number of fused-ring (bicyclic) bond motifs is 1. The Bertz CT molecular complexity index is 309. The van der Waals surface area contributed by atoms with Crippen LogP contribution in [0.2, 0.25) is 0 Å². The van der Waals surface area contributed by atoms with Crippen LogP contribution >= 0.6 is 0 Å². The van der Waals surface area contributed by atoms with E-state index < -0.39 is 0 Å². The van der Waals surface area contributed by atoms with E-state index in [1.165, 1.54) is 0 Å². The molecule has 0 saturated heterocycles. The van der Waals surface area contributed by atoms with Crippen LogP contribution in [0.4, 0.5) is 5.69 Å². The molecule has 1 aromatic carbocycles. The van der Waals surface area contributed by atoms with E-state index in [4.69, 9.17) is 4.84 Å². The number of hydrogen-bond acceptors (Lipinski definition) is 3. The van der Waals surface area contributed by atoms with E-state index in [0.717, 1.165) is 11.3 Å². The van der Waals surface area contributed by atoms with Gasteiger partial charge in [0.05, 0.1) is 12.8 Å². The zero-order valence-corrected chi connectivity index (χ0v) is 6.90. The molecule has 0 atom stereocenters. The Hall–Kier alpha value is -1.35. The third-order valence-corrected chi connectivity index (χ3v) is 1.87. The average Bonchev–Trinajstić information content (AvgIpc) is 2.17. The Morgan fingerprint density at radius 2 is 2.25 bits per heavy atom. The number of anilines is 1. The van der Waals surface area contributed by atoms with Crippen molar-refractivity contribution in [1.29, 1.82) is 0 Å². The molecule has 0 aromatic heterocycles. The second kappa shape index (κ2) is 2.95. The van der Waals surface area contributed by atoms with Crippen molar-refractivity contribution in [2.24, 2.45) is 4.99 Å². The van der Waals surface area contributed by atoms with E-state index in [1.807, 2.05) is 30.5 Å². The van der Waals surface area contributed by atoms with Gasteiger partial charge in [-0.05, 0) is 6.07 Å². The first-order valence-corrected chi connectivity index (χ1v) is 3.82. The summed E-state index contributed by atoms with van der Waals surface area (Å²) in [7, 11) is 1.65. The van der Waals surface area contributed by atoms with Gasteiger partial charge in [0.25, 0.3) is 0 Å². The molecule has 3 nitrogen and oxygen atoms in total. The molecule has 12 heavy (non-hydrogen) atoms. The Morgan fingerprint density at radius 3 is 3.08 bits per heavy atom. The quantitative estimate of drug-likeness (QED) is 0.624. The van der Waals surface area contributed by atoms with Gasteiger partial charge in [0.2, 0.25) is 0 Å². The van der Waals surface area contributed by atoms with Crippen molar-refractivity contribution < 1.29 is 4.84 Å². The molecule has 1 aliphatic heterocycles. The molecule has 0 bridgehead atoms. The topological polar surface area (TPSA) is 24.8 Å². The minimum absolute atomic E-state index is 0.577. The fourth-order valence-corrected chi connectivity index (χ4v) is 1.27. The molecule has 0 fully saturated rings. The van der Waals surface area contributed by atoms with Crippen LogP contribution in [0.1, 0.15) is 5.56 Å². The van der Waals surface area contributed by atoms with Crippen molar-refractivity contribution in [2.75, 3.05) is 18.8 Å². The summed E-state index contributed by atoms with van der Waals surface area (Å²) in [6.07, 6.45) is 1.87. The summed E-state index contributed by atoms with van der Waals surface area (Å²) < 4.78 is 0. The number of benzene rings is 1. The Balaban J connectivity index is 2.45. The van der Waals surface area contributed by atoms with Crippen molar-refractivity contribution in [2.45, 2.75) is 0 Å². The molecule has 0 aliphatic carbocycles. The van der Waals surface area contributed by atoms with Gasteiger partial charge >= 0.3 is 0 Å². The molecule has 0 amide bonds. The van der Waals surface area contributed by atoms with Gasteiger partial charge in [0.1, 0.15) is 6.67 Å². The largest absolute Gasteiger partial charge is 0.275 e. The smallest absolute Gasteiger partial charge is 0.135 e. The van der Waals surface area contributed by atoms with Crippen LogP contribution in [-0.2, 0) is 4.84 Å². The standard InChI is InChI=1S/C9H10N2O/c1-12-11-7-10-6-8-4-2-3-5-9(8)11/h2-6H,7H2,1H3. The minimum atomic E-state index is 0.577. The number of hydroxylamine groups is 1. The van der Waals surface area contributed by atoms with E-state index in [1.54, 1.807) is 12.2 Å². The molecule has 0 unspecified atom stereocenters. The summed E-state index contributed by atoms with van der Waals surface area (Å²) in [6.45, 7) is 0.577. The van der Waals surface area contributed by atoms with Crippen molar-refractivity contribution >= 4 is 11.9 Å². The number of aliphatic imine (C=N–C) groups is 1. The maximum atomic E-state index is 5.14. The van der Waals surface area contributed by atoms with Crippen molar-refractivity contribution in [3.8, 4) is 0 Å². The second-order valence-electron chi connectivity index (χ2n) is 2.57. The third-order valence-electron chi connectivity index (χ3n) is 1.87. The molecule has 62 valence electrons. The number of para-hydroxylation sites is 1. The first-order valence-electron chi connectivity index (χ1n) is 3.82. The van der Waals surface area contributed by atoms with E-state index in [2.05, 4.69) is 4.99 Å². The lowest BCUT2D eigenvalue weighted by molar-refractivity contribution is 0.168. The maximum absolute atomic E-state index is 5.14. The molecular weight excluding hydrogens is 152 g/mol. The molecule has 2 rings (SSSR count). The molecule has 0 radical (unpaired) electrons. The normalized spacial score (nSPS) is 14.6. The number of hydrogen-bond donors (Lipinski definition) is 0. The van der Waals surface area contributed by atoms with Crippen molar-refractivity contribution in [1.82, 2.24) is 0 Å². The lowest BCUT2D eigenvalue weighted by Gasteiger charge is -2.24. The summed E-state index contributed by atoms with van der Waals surface area (Å²) in [4.78, 5) is 9.28. The Kier molecular flexibility index (Phi) is 1.80. The fraction of sp³-hybridized carbons (Fsp3) is 0.222. The predicted molar refractivity (Wildman–Crippen MR) is 48.4 cm³/mol. The van der Waals surface area contributed by atoms with Gasteiger partial charge in [-0.3, -0.25) is 9.83 Å². The van der Waals surface area contributed by atoms with Crippen LogP contribution in [0.15, 0.2) is 29.3 Å². The molecule has 1 aliphatic rings. The summed E-state index contributed by atoms with van der Waals surface area (Å²) in [6, 6.07) is 8.02. The summed E-state index contributed by atoms with van der Waals surface area (Å²) in [5, 5.41) is 1.76. The average molecular weight is 162 g/mol. The number of rotatable bonds is 1. The van der Waals surface area contributed by atoms with Crippen molar-refractivity contribution in [3.05, 3.63) is 29.8 Å². The highest BCUT2D eigenvalue weighted by Gasteiger charge is 2.11. The van der Waals surface area contributed by atoms with Gasteiger partial charge in [-0.15, -0.1) is 0 Å². The molecule has 0 saturated carbocycles. The first-order chi connectivity index (χ1) is 5.92. The lowest BCUT2D eigenvalue weighted by Crippen LogP contribution is -2.25. The van der Waals surface area contributed by atoms with Crippen molar-refractivity contribution in [3.63, 3.8) is 0 Å². The maximum Gasteiger partial charge on any atom is 0.135 e. The van der Waals surface area contributed by atoms with Gasteiger partial charge in [0.15, 0.2) is 0 Å². The van der Waals surface area contributed by atoms with Crippen LogP contribution in [0.25, 0.3) is 0 Å². The van der Waals surface area contributed by atoms with E-state index >= 15 is 0 Å². The molecule has 3 heteroatoms. The summed E-state index contributed by atoms with van der Waals surface area (Å²) >= 11 is 0. The zero-order chi connectivity index (χ0) is 8.39. The molecule has 0 spiro atoms. The zero-order valence-electron chi connectivity index (χ0n) is 6.90. The molecule has 1 heterocycles. The summed E-state index contributed by atoms with van der Waals surface area (Å²) in [5.74, 6) is 0. The van der Waals surface area contributed by atoms with Crippen LogP contribution in [0.5, 0.6) is 0 Å². The SMILES string of the molecule is CON1CN=Cc2ccccc21. The minimum Gasteiger partial charge on any atom is -0.275 e. The number of nitrogens with zero attached hydrogens (tertiary/aromatic N) is 2. The van der Waals surface area contributed by atoms with Gasteiger partial charge in [-0.25, -0.2) is 5.06 Å². The highest BCUT2D eigenvalue weighted by Crippen LogP contribution is 2.21. The highest BCUT2D eigenvalue weighted by molar-refractivity contribution is 5.89. The monoisotopic (exact) mass is 162 g/mol. The van der Waals surface area contributed by atoms with Crippen LogP contribution < -0.4 is 5.06 Å². The van der Waals surface area contributed by atoms with Crippen LogP contribution in [-0.4, -0.2) is 20.0 Å². The summed E-state index contributed by atoms with van der Waals surface area (Å²) in [5.41, 5.74) is 2.18. The van der Waals surface area contributed by atoms with Gasteiger partial charge in [0, 0.05) is 11.8 Å². The third kappa shape index (κ3) is 1.08. The van der Waals surface area contributed by atoms with Crippen LogP contribution in [0, 0.1) is 0 Å². The predicted octanol–water partition coefficient (Wildman–Crippen LogP) is 1.44. The molecule has 1 aromatic rings. The molecular formula is C9H10N2O. The first kappa shape index (κ1) is 7.31. The van der Waals surface area contributed by atoms with E-state index in [0.29, 0.717) is 6.67 Å². The van der Waals surface area contributed by atoms with Gasteiger partial charge in [-0.2, -0.15) is 0 Å². The second-order valence-corrected chi connectivity index (χ2v) is 2.57. The molecule has 0 N–H and O–H groups in total. The highest BCUT2D eigenvalue weighted by atomic mass is 16.7. The van der Waals surface area contributed by atoms with E-state index in [9.17, 15) is 0 Å². The van der Waals surface area contributed by atoms with Crippen LogP contribution in [0.3, 0.4) is 0 Å². The Labute approximate surface area is 71.2 Å². The van der Waals surface area contributed by atoms with Gasteiger partial charge < -0.3 is 0 Å². The Morgan fingerprint density at radius 1 is 1.42 bits per heavy atom. The van der Waals surface area contributed by atoms with E-state index in [-0.39, 0.29) is 0 Å². The van der Waals surface area contributed by atoms with Gasteiger partial charge in [-0.1, -0.05) is 18.2 Å².